The van der Waals surface area contributed by atoms with Crippen LogP contribution >= 0.6 is 0 Å². The Bertz CT molecular complexity index is 434. The van der Waals surface area contributed by atoms with Crippen molar-refractivity contribution in [3.05, 3.63) is 41.2 Å². The lowest BCUT2D eigenvalue weighted by molar-refractivity contribution is 0.282. The lowest BCUT2D eigenvalue weighted by Crippen LogP contribution is -2.28. The largest absolute Gasteiger partial charge is 0.312 e. The van der Waals surface area contributed by atoms with E-state index in [1.807, 2.05) is 6.20 Å². The van der Waals surface area contributed by atoms with Gasteiger partial charge in [-0.05, 0) is 37.4 Å². The van der Waals surface area contributed by atoms with Crippen molar-refractivity contribution < 1.29 is 0 Å². The zero-order valence-corrected chi connectivity index (χ0v) is 13.0. The summed E-state index contributed by atoms with van der Waals surface area (Å²) >= 11 is 0. The van der Waals surface area contributed by atoms with E-state index in [-0.39, 0.29) is 0 Å². The van der Waals surface area contributed by atoms with Gasteiger partial charge in [-0.25, -0.2) is 0 Å². The molecule has 0 saturated heterocycles. The Balaban J connectivity index is 1.79. The van der Waals surface area contributed by atoms with Gasteiger partial charge in [0.25, 0.3) is 0 Å². The van der Waals surface area contributed by atoms with Crippen molar-refractivity contribution in [3.8, 4) is 0 Å². The van der Waals surface area contributed by atoms with Crippen LogP contribution in [0.15, 0.2) is 30.0 Å². The first-order valence-corrected chi connectivity index (χ1v) is 7.66. The second-order valence-corrected chi connectivity index (χ2v) is 6.22. The monoisotopic (exact) mass is 273 g/mol. The van der Waals surface area contributed by atoms with Crippen LogP contribution in [-0.2, 0) is 13.1 Å². The van der Waals surface area contributed by atoms with Gasteiger partial charge in [-0.2, -0.15) is 0 Å². The van der Waals surface area contributed by atoms with E-state index < -0.39 is 0 Å². The molecule has 1 aliphatic rings. The minimum Gasteiger partial charge on any atom is -0.312 e. The first-order chi connectivity index (χ1) is 9.63. The summed E-state index contributed by atoms with van der Waals surface area (Å²) < 4.78 is 0. The lowest BCUT2D eigenvalue weighted by Gasteiger charge is -2.24. The van der Waals surface area contributed by atoms with Crippen LogP contribution in [0.25, 0.3) is 0 Å². The highest BCUT2D eigenvalue weighted by Crippen LogP contribution is 2.12. The fourth-order valence-corrected chi connectivity index (χ4v) is 2.34. The normalized spacial score (nSPS) is 16.5. The average molecular weight is 273 g/mol. The molecule has 0 spiro atoms. The smallest absolute Gasteiger partial charge is 0.0544 e. The molecular weight excluding hydrogens is 246 g/mol. The molecule has 2 rings (SSSR count). The Morgan fingerprint density at radius 1 is 1.35 bits per heavy atom. The summed E-state index contributed by atoms with van der Waals surface area (Å²) in [5.74, 6) is 0.692. The number of hydrogen-bond donors (Lipinski definition) is 1. The SMILES string of the molecule is CC1=CCN(Cc2ccc(CNCC(C)C)cn2)CC1. The molecule has 3 heteroatoms. The third-order valence-corrected chi connectivity index (χ3v) is 3.67. The first-order valence-electron chi connectivity index (χ1n) is 7.66. The number of hydrogen-bond acceptors (Lipinski definition) is 3. The third-order valence-electron chi connectivity index (χ3n) is 3.67. The molecule has 0 unspecified atom stereocenters. The molecule has 2 heterocycles. The highest BCUT2D eigenvalue weighted by Gasteiger charge is 2.10. The van der Waals surface area contributed by atoms with Crippen molar-refractivity contribution in [3.63, 3.8) is 0 Å². The van der Waals surface area contributed by atoms with E-state index in [0.29, 0.717) is 5.92 Å². The van der Waals surface area contributed by atoms with Crippen LogP contribution in [0.2, 0.25) is 0 Å². The summed E-state index contributed by atoms with van der Waals surface area (Å²) in [4.78, 5) is 7.04. The summed E-state index contributed by atoms with van der Waals surface area (Å²) in [6, 6.07) is 4.36. The summed E-state index contributed by atoms with van der Waals surface area (Å²) in [5.41, 5.74) is 3.95. The van der Waals surface area contributed by atoms with Gasteiger partial charge in [0, 0.05) is 32.4 Å². The third kappa shape index (κ3) is 5.06. The van der Waals surface area contributed by atoms with Crippen molar-refractivity contribution in [1.82, 2.24) is 15.2 Å². The van der Waals surface area contributed by atoms with E-state index in [2.05, 4.69) is 54.2 Å². The maximum atomic E-state index is 4.59. The molecular formula is C17H27N3. The molecule has 0 radical (unpaired) electrons. The highest BCUT2D eigenvalue weighted by molar-refractivity contribution is 5.14. The van der Waals surface area contributed by atoms with E-state index in [1.54, 1.807) is 0 Å². The molecule has 1 aliphatic heterocycles. The molecule has 20 heavy (non-hydrogen) atoms. The zero-order chi connectivity index (χ0) is 14.4. The standard InChI is InChI=1S/C17H27N3/c1-14(2)10-18-11-16-4-5-17(19-12-16)13-20-8-6-15(3)7-9-20/h4-6,12,14,18H,7-11,13H2,1-3H3. The molecule has 1 N–H and O–H groups in total. The fourth-order valence-electron chi connectivity index (χ4n) is 2.34. The Hall–Kier alpha value is -1.19. The van der Waals surface area contributed by atoms with Crippen molar-refractivity contribution in [2.45, 2.75) is 40.3 Å². The van der Waals surface area contributed by atoms with Crippen LogP contribution in [0.3, 0.4) is 0 Å². The van der Waals surface area contributed by atoms with Gasteiger partial charge in [0.2, 0.25) is 0 Å². The van der Waals surface area contributed by atoms with Crippen LogP contribution in [0.5, 0.6) is 0 Å². The van der Waals surface area contributed by atoms with Gasteiger partial charge in [0.1, 0.15) is 0 Å². The van der Waals surface area contributed by atoms with Crippen molar-refractivity contribution in [2.75, 3.05) is 19.6 Å². The number of pyridine rings is 1. The molecule has 0 aromatic carbocycles. The predicted molar refractivity (Wildman–Crippen MR) is 84.4 cm³/mol. The topological polar surface area (TPSA) is 28.2 Å². The van der Waals surface area contributed by atoms with Crippen LogP contribution in [-0.4, -0.2) is 29.5 Å². The Kier molecular flexibility index (Phi) is 5.74. The van der Waals surface area contributed by atoms with Gasteiger partial charge in [-0.3, -0.25) is 9.88 Å². The predicted octanol–water partition coefficient (Wildman–Crippen LogP) is 2.98. The molecule has 0 amide bonds. The Morgan fingerprint density at radius 2 is 2.20 bits per heavy atom. The zero-order valence-electron chi connectivity index (χ0n) is 13.0. The Morgan fingerprint density at radius 3 is 2.80 bits per heavy atom. The van der Waals surface area contributed by atoms with Gasteiger partial charge in [0.05, 0.1) is 5.69 Å². The van der Waals surface area contributed by atoms with Crippen molar-refractivity contribution in [2.24, 2.45) is 5.92 Å². The second-order valence-electron chi connectivity index (χ2n) is 6.22. The van der Waals surface area contributed by atoms with Crippen LogP contribution in [0.4, 0.5) is 0 Å². The van der Waals surface area contributed by atoms with E-state index in [4.69, 9.17) is 0 Å². The molecule has 110 valence electrons. The highest BCUT2D eigenvalue weighted by atomic mass is 15.1. The van der Waals surface area contributed by atoms with Crippen LogP contribution in [0, 0.1) is 5.92 Å². The second kappa shape index (κ2) is 7.55. The minimum absolute atomic E-state index is 0.692. The van der Waals surface area contributed by atoms with E-state index >= 15 is 0 Å². The molecule has 0 bridgehead atoms. The number of rotatable bonds is 6. The van der Waals surface area contributed by atoms with E-state index in [9.17, 15) is 0 Å². The number of aromatic nitrogens is 1. The lowest BCUT2D eigenvalue weighted by atomic mass is 10.1. The first kappa shape index (κ1) is 15.2. The maximum absolute atomic E-state index is 4.59. The molecule has 3 nitrogen and oxygen atoms in total. The molecule has 0 atom stereocenters. The van der Waals surface area contributed by atoms with Crippen LogP contribution in [0.1, 0.15) is 38.4 Å². The molecule has 1 aromatic rings. The number of nitrogens with zero attached hydrogens (tertiary/aromatic N) is 2. The molecule has 0 saturated carbocycles. The quantitative estimate of drug-likeness (QED) is 0.808. The summed E-state index contributed by atoms with van der Waals surface area (Å²) in [6.45, 7) is 11.8. The molecule has 0 fully saturated rings. The maximum Gasteiger partial charge on any atom is 0.0544 e. The molecule has 1 aromatic heterocycles. The van der Waals surface area contributed by atoms with Gasteiger partial charge in [-0.1, -0.05) is 31.6 Å². The minimum atomic E-state index is 0.692. The van der Waals surface area contributed by atoms with E-state index in [0.717, 1.165) is 32.7 Å². The summed E-state index contributed by atoms with van der Waals surface area (Å²) in [6.07, 6.45) is 5.53. The Labute approximate surface area is 123 Å². The van der Waals surface area contributed by atoms with Crippen LogP contribution < -0.4 is 5.32 Å². The summed E-state index contributed by atoms with van der Waals surface area (Å²) in [5, 5.41) is 3.45. The van der Waals surface area contributed by atoms with Gasteiger partial charge < -0.3 is 5.32 Å². The molecule has 0 aliphatic carbocycles. The van der Waals surface area contributed by atoms with E-state index in [1.165, 1.54) is 23.3 Å². The van der Waals surface area contributed by atoms with Crippen molar-refractivity contribution >= 4 is 0 Å². The number of nitrogens with one attached hydrogen (secondary N) is 1. The van der Waals surface area contributed by atoms with Gasteiger partial charge >= 0.3 is 0 Å². The van der Waals surface area contributed by atoms with Gasteiger partial charge in [0.15, 0.2) is 0 Å². The summed E-state index contributed by atoms with van der Waals surface area (Å²) in [7, 11) is 0. The fraction of sp³-hybridized carbons (Fsp3) is 0.588. The van der Waals surface area contributed by atoms with Crippen molar-refractivity contribution in [1.29, 1.82) is 0 Å². The average Bonchev–Trinajstić information content (AvgIpc) is 2.43. The van der Waals surface area contributed by atoms with Gasteiger partial charge in [-0.15, -0.1) is 0 Å².